The van der Waals surface area contributed by atoms with Crippen LogP contribution in [0.3, 0.4) is 0 Å². The summed E-state index contributed by atoms with van der Waals surface area (Å²) in [5.74, 6) is 0.437. The van der Waals surface area contributed by atoms with Gasteiger partial charge < -0.3 is 15.4 Å². The lowest BCUT2D eigenvalue weighted by atomic mass is 9.93. The van der Waals surface area contributed by atoms with Crippen LogP contribution in [0.5, 0.6) is 5.88 Å². The van der Waals surface area contributed by atoms with Crippen molar-refractivity contribution in [2.45, 2.75) is 44.8 Å². The minimum absolute atomic E-state index is 0.0556. The zero-order chi connectivity index (χ0) is 23.7. The van der Waals surface area contributed by atoms with E-state index < -0.39 is 5.82 Å². The van der Waals surface area contributed by atoms with E-state index in [-0.39, 0.29) is 18.0 Å². The molecule has 1 aliphatic carbocycles. The van der Waals surface area contributed by atoms with Crippen LogP contribution in [-0.2, 0) is 7.05 Å². The first-order chi connectivity index (χ1) is 16.6. The summed E-state index contributed by atoms with van der Waals surface area (Å²) < 4.78 is 24.4. The first kappa shape index (κ1) is 22.1. The molecule has 5 rings (SSSR count). The number of fused-ring (bicyclic) bond motifs is 1. The molecule has 9 nitrogen and oxygen atoms in total. The maximum Gasteiger partial charge on any atom is 0.252 e. The first-order valence-corrected chi connectivity index (χ1v) is 11.7. The highest BCUT2D eigenvalue weighted by Gasteiger charge is 2.28. The number of ether oxygens (including phenoxy) is 1. The van der Waals surface area contributed by atoms with Crippen molar-refractivity contribution in [3.63, 3.8) is 0 Å². The third-order valence-electron chi connectivity index (χ3n) is 6.32. The molecule has 0 atom stereocenters. The van der Waals surface area contributed by atoms with Crippen molar-refractivity contribution in [3.8, 4) is 17.1 Å². The van der Waals surface area contributed by atoms with Crippen molar-refractivity contribution in [2.75, 3.05) is 24.2 Å². The van der Waals surface area contributed by atoms with Gasteiger partial charge in [-0.2, -0.15) is 14.6 Å². The topological polar surface area (TPSA) is 94.7 Å². The lowest BCUT2D eigenvalue weighted by Gasteiger charge is -2.29. The average molecular weight is 465 g/mol. The van der Waals surface area contributed by atoms with Crippen LogP contribution in [0.4, 0.5) is 15.9 Å². The zero-order valence-corrected chi connectivity index (χ0v) is 19.6. The number of rotatable bonds is 7. The molecule has 10 heteroatoms. The van der Waals surface area contributed by atoms with Gasteiger partial charge >= 0.3 is 0 Å². The molecular weight excluding hydrogens is 435 g/mol. The highest BCUT2D eigenvalue weighted by atomic mass is 19.1. The van der Waals surface area contributed by atoms with E-state index in [9.17, 15) is 4.39 Å². The molecule has 0 bridgehead atoms. The Kier molecular flexibility index (Phi) is 6.04. The zero-order valence-electron chi connectivity index (χ0n) is 19.6. The molecule has 1 fully saturated rings. The van der Waals surface area contributed by atoms with E-state index in [4.69, 9.17) is 9.84 Å². The molecule has 0 unspecified atom stereocenters. The monoisotopic (exact) mass is 464 g/mol. The lowest BCUT2D eigenvalue weighted by molar-refractivity contribution is 0.120. The Hall–Kier alpha value is -3.69. The fourth-order valence-electron chi connectivity index (χ4n) is 4.61. The van der Waals surface area contributed by atoms with Crippen LogP contribution >= 0.6 is 0 Å². The number of aryl methyl sites for hydroxylation is 1. The molecule has 0 spiro atoms. The van der Waals surface area contributed by atoms with E-state index in [1.165, 1.54) is 0 Å². The Morgan fingerprint density at radius 2 is 2.00 bits per heavy atom. The Labute approximate surface area is 197 Å². The van der Waals surface area contributed by atoms with Crippen LogP contribution in [0, 0.1) is 5.82 Å². The summed E-state index contributed by atoms with van der Waals surface area (Å²) in [5.41, 5.74) is 3.28. The Bertz CT molecular complexity index is 1290. The normalized spacial score (nSPS) is 18.2. The molecule has 4 aromatic heterocycles. The van der Waals surface area contributed by atoms with Gasteiger partial charge in [-0.1, -0.05) is 0 Å². The molecule has 0 saturated heterocycles. The molecule has 178 valence electrons. The number of pyridine rings is 2. The van der Waals surface area contributed by atoms with E-state index in [0.29, 0.717) is 5.69 Å². The number of halogens is 1. The molecule has 4 aromatic rings. The van der Waals surface area contributed by atoms with Gasteiger partial charge in [0.05, 0.1) is 23.4 Å². The standard InChI is InChI=1S/C24H29FN8O/c1-4-27-21-11-20-18(13-29-21)23(15-12-30-32(3)14-15)31-33(20)16-5-7-17(8-6-16)34-24-22(25)19(26-2)9-10-28-24/h9-14,16-17H,4-8H2,1-3H3,(H,26,28)(H,27,29)/t16-,17+. The number of hydrogen-bond donors (Lipinski definition) is 2. The smallest absolute Gasteiger partial charge is 0.252 e. The SMILES string of the molecule is CCNc1cc2c(cn1)c(-c1cnn(C)c1)nn2[C@H]1CC[C@@H](Oc2nccc(NC)c2F)CC1. The highest BCUT2D eigenvalue weighted by Crippen LogP contribution is 2.36. The van der Waals surface area contributed by atoms with Gasteiger partial charge in [0, 0.05) is 56.2 Å². The minimum Gasteiger partial charge on any atom is -0.472 e. The highest BCUT2D eigenvalue weighted by molar-refractivity contribution is 5.93. The van der Waals surface area contributed by atoms with Crippen LogP contribution in [0.2, 0.25) is 0 Å². The molecule has 0 radical (unpaired) electrons. The second-order valence-electron chi connectivity index (χ2n) is 8.59. The molecule has 0 aromatic carbocycles. The van der Waals surface area contributed by atoms with E-state index >= 15 is 0 Å². The Morgan fingerprint density at radius 3 is 2.71 bits per heavy atom. The van der Waals surface area contributed by atoms with Gasteiger partial charge in [0.1, 0.15) is 17.6 Å². The minimum atomic E-state index is -0.449. The summed E-state index contributed by atoms with van der Waals surface area (Å²) >= 11 is 0. The van der Waals surface area contributed by atoms with Gasteiger partial charge in [-0.3, -0.25) is 9.36 Å². The number of nitrogens with one attached hydrogen (secondary N) is 2. The van der Waals surface area contributed by atoms with Gasteiger partial charge in [-0.05, 0) is 38.7 Å². The maximum atomic E-state index is 14.5. The molecular formula is C24H29FN8O. The van der Waals surface area contributed by atoms with Gasteiger partial charge in [0.25, 0.3) is 5.88 Å². The van der Waals surface area contributed by atoms with Crippen molar-refractivity contribution >= 4 is 22.4 Å². The molecule has 2 N–H and O–H groups in total. The van der Waals surface area contributed by atoms with Crippen LogP contribution in [0.1, 0.15) is 38.6 Å². The number of nitrogens with zero attached hydrogens (tertiary/aromatic N) is 6. The molecule has 0 aliphatic heterocycles. The second kappa shape index (κ2) is 9.28. The van der Waals surface area contributed by atoms with Crippen LogP contribution in [-0.4, -0.2) is 49.2 Å². The number of anilines is 2. The Balaban J connectivity index is 1.39. The van der Waals surface area contributed by atoms with Gasteiger partial charge in [0.2, 0.25) is 5.82 Å². The summed E-state index contributed by atoms with van der Waals surface area (Å²) in [6, 6.07) is 3.88. The van der Waals surface area contributed by atoms with Crippen molar-refractivity contribution in [1.82, 2.24) is 29.5 Å². The summed E-state index contributed by atoms with van der Waals surface area (Å²) in [7, 11) is 3.58. The van der Waals surface area contributed by atoms with Crippen molar-refractivity contribution in [3.05, 3.63) is 42.7 Å². The quantitative estimate of drug-likeness (QED) is 0.419. The maximum absolute atomic E-state index is 14.5. The van der Waals surface area contributed by atoms with Crippen molar-refractivity contribution in [2.24, 2.45) is 7.05 Å². The first-order valence-electron chi connectivity index (χ1n) is 11.7. The van der Waals surface area contributed by atoms with E-state index in [2.05, 4.69) is 43.4 Å². The summed E-state index contributed by atoms with van der Waals surface area (Å²) in [5, 5.41) is 16.5. The number of hydrogen-bond acceptors (Lipinski definition) is 7. The fourth-order valence-corrected chi connectivity index (χ4v) is 4.61. The molecule has 1 aliphatic rings. The van der Waals surface area contributed by atoms with E-state index in [0.717, 1.165) is 60.2 Å². The van der Waals surface area contributed by atoms with Gasteiger partial charge in [0.15, 0.2) is 0 Å². The van der Waals surface area contributed by atoms with Crippen molar-refractivity contribution in [1.29, 1.82) is 0 Å². The third kappa shape index (κ3) is 4.15. The lowest BCUT2D eigenvalue weighted by Crippen LogP contribution is -2.27. The predicted molar refractivity (Wildman–Crippen MR) is 130 cm³/mol. The fraction of sp³-hybridized carbons (Fsp3) is 0.417. The summed E-state index contributed by atoms with van der Waals surface area (Å²) in [6.07, 6.45) is 10.5. The molecule has 1 saturated carbocycles. The molecule has 0 amide bonds. The third-order valence-corrected chi connectivity index (χ3v) is 6.32. The molecule has 4 heterocycles. The van der Waals surface area contributed by atoms with Gasteiger partial charge in [-0.15, -0.1) is 0 Å². The second-order valence-corrected chi connectivity index (χ2v) is 8.59. The van der Waals surface area contributed by atoms with E-state index in [1.807, 2.05) is 25.6 Å². The summed E-state index contributed by atoms with van der Waals surface area (Å²) in [4.78, 5) is 8.66. The van der Waals surface area contributed by atoms with Crippen LogP contribution in [0.15, 0.2) is 36.9 Å². The predicted octanol–water partition coefficient (Wildman–Crippen LogP) is 4.40. The number of aromatic nitrogens is 6. The summed E-state index contributed by atoms with van der Waals surface area (Å²) in [6.45, 7) is 2.85. The van der Waals surface area contributed by atoms with Crippen molar-refractivity contribution < 1.29 is 9.13 Å². The largest absolute Gasteiger partial charge is 0.472 e. The Morgan fingerprint density at radius 1 is 1.18 bits per heavy atom. The average Bonchev–Trinajstić information content (AvgIpc) is 3.44. The molecule has 34 heavy (non-hydrogen) atoms. The van der Waals surface area contributed by atoms with Crippen LogP contribution < -0.4 is 15.4 Å². The van der Waals surface area contributed by atoms with Gasteiger partial charge in [-0.25, -0.2) is 9.97 Å². The van der Waals surface area contributed by atoms with Crippen LogP contribution in [0.25, 0.3) is 22.2 Å². The van der Waals surface area contributed by atoms with E-state index in [1.54, 1.807) is 24.0 Å².